The summed E-state index contributed by atoms with van der Waals surface area (Å²) in [4.78, 5) is 59.8. The Kier molecular flexibility index (Phi) is 13.0. The molecule has 1 aromatic heterocycles. The first-order chi connectivity index (χ1) is 30.4. The van der Waals surface area contributed by atoms with E-state index in [2.05, 4.69) is 16.5 Å². The van der Waals surface area contributed by atoms with Crippen LogP contribution in [-0.4, -0.2) is 83.5 Å². The number of halogens is 1. The number of hydrogen-bond acceptors (Lipinski definition) is 10. The monoisotopic (exact) mass is 897 g/mol. The molecule has 8 atom stereocenters. The van der Waals surface area contributed by atoms with Crippen LogP contribution in [0.4, 0.5) is 4.39 Å². The Morgan fingerprint density at radius 1 is 1.00 bits per heavy atom. The van der Waals surface area contributed by atoms with Crippen LogP contribution < -0.4 is 19.7 Å². The van der Waals surface area contributed by atoms with Crippen molar-refractivity contribution in [2.75, 3.05) is 20.3 Å². The average Bonchev–Trinajstić information content (AvgIpc) is 3.61. The van der Waals surface area contributed by atoms with Crippen molar-refractivity contribution in [3.63, 3.8) is 0 Å². The van der Waals surface area contributed by atoms with E-state index in [-0.39, 0.29) is 47.6 Å². The van der Waals surface area contributed by atoms with E-state index >= 15 is 4.39 Å². The molecule has 3 saturated heterocycles. The number of alkyl halides is 1. The van der Waals surface area contributed by atoms with Crippen molar-refractivity contribution in [2.24, 2.45) is 5.92 Å². The SMILES string of the molecule is CCCOC(=O)[C@H](C)NP(=O)(Oc1ccccc1)[C@@H](F)c1ccc2sc(C(=O)N[C@H]3CCCC[C@H]4CC[C@@H](C(=O)N5C[C@@H](c6cccc(OC)c6)[C@H](C#N)C56CC6)N4C3=O)cc2c1. The minimum atomic E-state index is -4.46. The van der Waals surface area contributed by atoms with Crippen LogP contribution in [0.3, 0.4) is 0 Å². The van der Waals surface area contributed by atoms with E-state index in [4.69, 9.17) is 14.0 Å². The lowest BCUT2D eigenvalue weighted by molar-refractivity contribution is -0.148. The first-order valence-electron chi connectivity index (χ1n) is 21.8. The number of ether oxygens (including phenoxy) is 2. The third-order valence-corrected chi connectivity index (χ3v) is 16.2. The van der Waals surface area contributed by atoms with Crippen LogP contribution in [0.5, 0.6) is 11.5 Å². The first kappa shape index (κ1) is 44.3. The number of para-hydroxylation sites is 1. The van der Waals surface area contributed by atoms with E-state index in [1.807, 2.05) is 36.1 Å². The predicted octanol–water partition coefficient (Wildman–Crippen LogP) is 8.41. The van der Waals surface area contributed by atoms with Crippen LogP contribution in [0, 0.1) is 17.2 Å². The molecule has 2 N–H and O–H groups in total. The first-order valence-corrected chi connectivity index (χ1v) is 24.3. The molecule has 4 fully saturated rings. The standard InChI is InChI=1S/C47H53FN5O8PS/c1-4-23-60-46(57)29(2)51-62(58,61-34-13-6-5-7-14-34)42(48)31-17-20-40-32(24-31)26-41(63-40)43(54)50-38-16-9-8-12-33-18-19-39(53(33)44(38)55)45(56)52-28-36(37(27-49)47(52)21-22-47)30-11-10-15-35(25-30)59-3/h5-7,10-11,13-15,17,20,24-26,29,33,36-39,42H,4,8-9,12,16,18-19,21-23,28H2,1-3H3,(H,50,54)(H,51,58)/t29-,33-,36-,37-,38-,39-,42+,62?/m0/s1. The van der Waals surface area contributed by atoms with Gasteiger partial charge in [0.2, 0.25) is 17.7 Å². The van der Waals surface area contributed by atoms with Crippen molar-refractivity contribution < 1.29 is 42.1 Å². The third kappa shape index (κ3) is 8.82. The van der Waals surface area contributed by atoms with Crippen LogP contribution in [0.15, 0.2) is 78.9 Å². The molecular formula is C47H53FN5O8PS. The van der Waals surface area contributed by atoms with Gasteiger partial charge in [0.1, 0.15) is 29.6 Å². The number of carbonyl (C=O) groups excluding carboxylic acids is 4. The molecule has 3 aliphatic heterocycles. The number of fused-ring (bicyclic) bond motifs is 2. The number of rotatable bonds is 14. The van der Waals surface area contributed by atoms with Gasteiger partial charge < -0.3 is 29.1 Å². The molecule has 13 nitrogen and oxygen atoms in total. The second kappa shape index (κ2) is 18.4. The number of carbonyl (C=O) groups is 4. The normalized spacial score (nSPS) is 24.6. The molecule has 3 aromatic carbocycles. The molecule has 0 radical (unpaired) electrons. The summed E-state index contributed by atoms with van der Waals surface area (Å²) in [5.74, 6) is -3.53. The fourth-order valence-corrected chi connectivity index (χ4v) is 12.5. The van der Waals surface area contributed by atoms with E-state index in [1.54, 1.807) is 42.3 Å². The van der Waals surface area contributed by atoms with Gasteiger partial charge in [-0.2, -0.15) is 5.26 Å². The van der Waals surface area contributed by atoms with Crippen LogP contribution in [-0.2, 0) is 23.7 Å². The van der Waals surface area contributed by atoms with Gasteiger partial charge >= 0.3 is 13.5 Å². The Balaban J connectivity index is 0.991. The van der Waals surface area contributed by atoms with Gasteiger partial charge in [0.25, 0.3) is 5.91 Å². The topological polar surface area (TPSA) is 167 Å². The van der Waals surface area contributed by atoms with E-state index in [9.17, 15) is 29.0 Å². The van der Waals surface area contributed by atoms with Crippen LogP contribution in [0.2, 0.25) is 0 Å². The number of nitriles is 1. The number of hydrogen-bond donors (Lipinski definition) is 2. The molecule has 4 aliphatic rings. The molecule has 1 saturated carbocycles. The van der Waals surface area contributed by atoms with Gasteiger partial charge in [-0.25, -0.2) is 9.48 Å². The van der Waals surface area contributed by atoms with Gasteiger partial charge in [-0.15, -0.1) is 11.3 Å². The quantitative estimate of drug-likeness (QED) is 0.0927. The summed E-state index contributed by atoms with van der Waals surface area (Å²) in [5, 5.41) is 16.5. The number of esters is 1. The van der Waals surface area contributed by atoms with Gasteiger partial charge in [-0.1, -0.05) is 56.2 Å². The summed E-state index contributed by atoms with van der Waals surface area (Å²) in [7, 11) is -2.86. The maximum absolute atomic E-state index is 16.6. The van der Waals surface area contributed by atoms with Crippen molar-refractivity contribution >= 4 is 52.6 Å². The Labute approximate surface area is 370 Å². The fourth-order valence-electron chi connectivity index (χ4n) is 9.69. The zero-order valence-electron chi connectivity index (χ0n) is 35.7. The summed E-state index contributed by atoms with van der Waals surface area (Å²) in [6, 6.07) is 21.7. The third-order valence-electron chi connectivity index (χ3n) is 13.0. The smallest absolute Gasteiger partial charge is 0.355 e. The highest BCUT2D eigenvalue weighted by molar-refractivity contribution is 7.57. The van der Waals surface area contributed by atoms with Gasteiger partial charge in [0.05, 0.1) is 36.1 Å². The number of thiophene rings is 1. The van der Waals surface area contributed by atoms with Gasteiger partial charge in [-0.3, -0.25) is 23.7 Å². The molecule has 16 heteroatoms. The second-order valence-corrected chi connectivity index (χ2v) is 20.3. The van der Waals surface area contributed by atoms with Crippen molar-refractivity contribution in [3.8, 4) is 17.6 Å². The van der Waals surface area contributed by atoms with E-state index in [0.29, 0.717) is 52.9 Å². The van der Waals surface area contributed by atoms with Gasteiger partial charge in [-0.05, 0) is 111 Å². The van der Waals surface area contributed by atoms with Crippen molar-refractivity contribution in [1.29, 1.82) is 5.26 Å². The number of likely N-dealkylation sites (tertiary alicyclic amines) is 1. The molecule has 1 spiro atoms. The minimum Gasteiger partial charge on any atom is -0.497 e. The second-order valence-electron chi connectivity index (χ2n) is 17.1. The molecule has 3 amide bonds. The lowest BCUT2D eigenvalue weighted by Crippen LogP contribution is -2.57. The highest BCUT2D eigenvalue weighted by Gasteiger charge is 2.64. The molecule has 0 bridgehead atoms. The number of nitrogens with one attached hydrogen (secondary N) is 2. The summed E-state index contributed by atoms with van der Waals surface area (Å²) in [6.45, 7) is 3.81. The Morgan fingerprint density at radius 2 is 1.76 bits per heavy atom. The average molecular weight is 898 g/mol. The van der Waals surface area contributed by atoms with Gasteiger partial charge in [0, 0.05) is 23.2 Å². The number of methoxy groups -OCH3 is 1. The summed E-state index contributed by atoms with van der Waals surface area (Å²) < 4.78 is 48.0. The molecule has 4 heterocycles. The number of nitrogens with zero attached hydrogens (tertiary/aromatic N) is 3. The highest BCUT2D eigenvalue weighted by atomic mass is 32.1. The molecule has 332 valence electrons. The maximum Gasteiger partial charge on any atom is 0.355 e. The Bertz CT molecular complexity index is 2460. The molecule has 4 aromatic rings. The lowest BCUT2D eigenvalue weighted by Gasteiger charge is -2.37. The Morgan fingerprint density at radius 3 is 2.49 bits per heavy atom. The fraction of sp³-hybridized carbons (Fsp3) is 0.468. The van der Waals surface area contributed by atoms with Crippen molar-refractivity contribution in [3.05, 3.63) is 94.9 Å². The van der Waals surface area contributed by atoms with Crippen molar-refractivity contribution in [2.45, 2.75) is 113 Å². The zero-order chi connectivity index (χ0) is 44.5. The Hall–Kier alpha value is -5.29. The van der Waals surface area contributed by atoms with E-state index in [1.165, 1.54) is 42.5 Å². The molecular weight excluding hydrogens is 845 g/mol. The molecule has 63 heavy (non-hydrogen) atoms. The van der Waals surface area contributed by atoms with Crippen molar-refractivity contribution in [1.82, 2.24) is 20.2 Å². The molecule has 1 unspecified atom stereocenters. The highest BCUT2D eigenvalue weighted by Crippen LogP contribution is 2.59. The van der Waals surface area contributed by atoms with Crippen LogP contribution >= 0.6 is 18.9 Å². The van der Waals surface area contributed by atoms with Gasteiger partial charge in [0.15, 0.2) is 0 Å². The minimum absolute atomic E-state index is 0.0148. The number of amides is 3. The van der Waals surface area contributed by atoms with Crippen LogP contribution in [0.25, 0.3) is 10.1 Å². The summed E-state index contributed by atoms with van der Waals surface area (Å²) in [5.41, 5.74) is 0.397. The van der Waals surface area contributed by atoms with E-state index in [0.717, 1.165) is 37.7 Å². The largest absolute Gasteiger partial charge is 0.497 e. The summed E-state index contributed by atoms with van der Waals surface area (Å²) in [6.07, 6.45) is 5.97. The molecule has 1 aliphatic carbocycles. The number of benzene rings is 3. The predicted molar refractivity (Wildman–Crippen MR) is 236 cm³/mol. The summed E-state index contributed by atoms with van der Waals surface area (Å²) >= 11 is 1.18. The zero-order valence-corrected chi connectivity index (χ0v) is 37.4. The van der Waals surface area contributed by atoms with E-state index < -0.39 is 49.0 Å². The maximum atomic E-state index is 16.6. The van der Waals surface area contributed by atoms with Crippen LogP contribution in [0.1, 0.15) is 104 Å². The molecule has 8 rings (SSSR count). The lowest BCUT2D eigenvalue weighted by atomic mass is 9.85.